The van der Waals surface area contributed by atoms with Gasteiger partial charge in [0.1, 0.15) is 29.8 Å². The number of hydrogen-bond acceptors (Lipinski definition) is 12. The second kappa shape index (κ2) is 15.8. The Morgan fingerprint density at radius 3 is 2.31 bits per heavy atom. The molecule has 1 atom stereocenters. The van der Waals surface area contributed by atoms with Crippen LogP contribution in [-0.4, -0.2) is 113 Å². The van der Waals surface area contributed by atoms with E-state index in [1.54, 1.807) is 30.6 Å². The van der Waals surface area contributed by atoms with Gasteiger partial charge in [0.15, 0.2) is 0 Å². The van der Waals surface area contributed by atoms with Crippen LogP contribution < -0.4 is 25.2 Å². The lowest BCUT2D eigenvalue weighted by Gasteiger charge is -2.63. The minimum atomic E-state index is -0.979. The summed E-state index contributed by atoms with van der Waals surface area (Å²) in [6.07, 6.45) is 5.44. The molecule has 4 fully saturated rings. The number of fused-ring (bicyclic) bond motifs is 2. The molecule has 4 aliphatic heterocycles. The zero-order valence-electron chi connectivity index (χ0n) is 35.5. The first-order chi connectivity index (χ1) is 29.7. The average molecular weight is 838 g/mol. The third-order valence-electron chi connectivity index (χ3n) is 13.8. The van der Waals surface area contributed by atoms with E-state index in [0.717, 1.165) is 80.4 Å². The summed E-state index contributed by atoms with van der Waals surface area (Å²) in [4.78, 5) is 81.4. The summed E-state index contributed by atoms with van der Waals surface area (Å²) in [5, 5.41) is 15.9. The highest BCUT2D eigenvalue weighted by Gasteiger charge is 2.64. The first-order valence-corrected chi connectivity index (χ1v) is 21.5. The number of benzene rings is 2. The molecule has 5 aliphatic rings. The summed E-state index contributed by atoms with van der Waals surface area (Å²) in [6, 6.07) is 17.5. The summed E-state index contributed by atoms with van der Waals surface area (Å²) in [6.45, 7) is 14.5. The molecule has 4 aromatic rings. The zero-order chi connectivity index (χ0) is 43.5. The number of anilines is 2. The number of amides is 5. The van der Waals surface area contributed by atoms with E-state index < -0.39 is 29.7 Å². The zero-order valence-corrected chi connectivity index (χ0v) is 35.5. The number of nitrogens with one attached hydrogen (secondary N) is 2. The van der Waals surface area contributed by atoms with Crippen molar-refractivity contribution in [3.8, 4) is 11.8 Å². The Balaban J connectivity index is 0.740. The molecule has 320 valence electrons. The first-order valence-electron chi connectivity index (χ1n) is 21.5. The maximum Gasteiger partial charge on any atom is 0.262 e. The number of imide groups is 2. The van der Waals surface area contributed by atoms with E-state index in [1.807, 2.05) is 36.4 Å². The van der Waals surface area contributed by atoms with Crippen molar-refractivity contribution in [3.05, 3.63) is 89.2 Å². The molecule has 0 radical (unpaired) electrons. The van der Waals surface area contributed by atoms with Crippen LogP contribution >= 0.6 is 0 Å². The van der Waals surface area contributed by atoms with Crippen LogP contribution in [0.25, 0.3) is 10.9 Å². The fourth-order valence-electron chi connectivity index (χ4n) is 10.7. The quantitative estimate of drug-likeness (QED) is 0.225. The van der Waals surface area contributed by atoms with Crippen molar-refractivity contribution in [3.63, 3.8) is 0 Å². The van der Waals surface area contributed by atoms with E-state index in [9.17, 15) is 29.2 Å². The number of rotatable bonds is 9. The van der Waals surface area contributed by atoms with E-state index in [0.29, 0.717) is 33.9 Å². The summed E-state index contributed by atoms with van der Waals surface area (Å²) in [7, 11) is 0. The lowest BCUT2D eigenvalue weighted by atomic mass is 9.49. The number of ether oxygens (including phenoxy) is 1. The monoisotopic (exact) mass is 837 g/mol. The maximum absolute atomic E-state index is 13.6. The van der Waals surface area contributed by atoms with Crippen LogP contribution in [0.1, 0.15) is 90.0 Å². The molecule has 15 nitrogen and oxygen atoms in total. The van der Waals surface area contributed by atoms with Gasteiger partial charge in [0.2, 0.25) is 11.8 Å². The van der Waals surface area contributed by atoms with Crippen LogP contribution in [0.5, 0.6) is 5.75 Å². The average Bonchev–Trinajstić information content (AvgIpc) is 3.52. The van der Waals surface area contributed by atoms with Gasteiger partial charge in [-0.1, -0.05) is 27.7 Å². The summed E-state index contributed by atoms with van der Waals surface area (Å²) in [5.74, 6) is -0.0709. The summed E-state index contributed by atoms with van der Waals surface area (Å²) in [5.41, 5.74) is 2.32. The smallest absolute Gasteiger partial charge is 0.262 e. The molecule has 1 saturated carbocycles. The molecular formula is C47H51N9O6. The highest BCUT2D eigenvalue weighted by molar-refractivity contribution is 6.23. The molecule has 9 rings (SSSR count). The van der Waals surface area contributed by atoms with E-state index in [1.165, 1.54) is 0 Å². The molecule has 2 aromatic heterocycles. The minimum absolute atomic E-state index is 0.0874. The van der Waals surface area contributed by atoms with Crippen molar-refractivity contribution >= 4 is 51.9 Å². The number of aromatic nitrogens is 2. The molecule has 6 heterocycles. The van der Waals surface area contributed by atoms with Gasteiger partial charge in [-0.25, -0.2) is 4.98 Å². The lowest BCUT2D eigenvalue weighted by Crippen LogP contribution is -2.74. The second-order valence-electron chi connectivity index (χ2n) is 18.5. The largest absolute Gasteiger partial charge is 0.488 e. The third kappa shape index (κ3) is 7.19. The minimum Gasteiger partial charge on any atom is -0.488 e. The van der Waals surface area contributed by atoms with Gasteiger partial charge in [0, 0.05) is 92.6 Å². The number of hydrogen-bond donors (Lipinski definition) is 2. The van der Waals surface area contributed by atoms with Crippen molar-refractivity contribution < 1.29 is 28.7 Å². The highest BCUT2D eigenvalue weighted by Crippen LogP contribution is 2.56. The molecule has 0 bridgehead atoms. The predicted octanol–water partition coefficient (Wildman–Crippen LogP) is 4.55. The van der Waals surface area contributed by atoms with Gasteiger partial charge in [0.25, 0.3) is 17.7 Å². The Morgan fingerprint density at radius 2 is 1.61 bits per heavy atom. The van der Waals surface area contributed by atoms with Crippen LogP contribution in [0, 0.1) is 28.1 Å². The van der Waals surface area contributed by atoms with Gasteiger partial charge in [-0.2, -0.15) is 5.26 Å². The summed E-state index contributed by atoms with van der Waals surface area (Å²) < 4.78 is 6.65. The predicted molar refractivity (Wildman–Crippen MR) is 231 cm³/mol. The SMILES string of the molecule is CC1(C)C(NC(=O)c2ccc(N3CCC(CN4CCN(c5ccc6c(c5)C(=O)N([C@H]5CCC(=O)NC5=O)C6=O)CC4)CC3)nc2)C(C)(C)C1Oc1ccc(C#N)c2ncccc12. The van der Waals surface area contributed by atoms with Gasteiger partial charge >= 0.3 is 0 Å². The molecule has 1 aliphatic carbocycles. The Labute approximate surface area is 360 Å². The molecule has 0 unspecified atom stereocenters. The molecule has 62 heavy (non-hydrogen) atoms. The fourth-order valence-corrected chi connectivity index (χ4v) is 10.7. The van der Waals surface area contributed by atoms with Gasteiger partial charge in [-0.3, -0.25) is 44.1 Å². The Kier molecular flexibility index (Phi) is 10.5. The Morgan fingerprint density at radius 1 is 0.871 bits per heavy atom. The van der Waals surface area contributed by atoms with E-state index in [2.05, 4.69) is 64.1 Å². The van der Waals surface area contributed by atoms with Crippen molar-refractivity contribution in [1.82, 2.24) is 30.4 Å². The number of piperidine rings is 2. The van der Waals surface area contributed by atoms with Crippen molar-refractivity contribution in [2.75, 3.05) is 55.6 Å². The number of nitriles is 1. The van der Waals surface area contributed by atoms with Crippen LogP contribution in [0.15, 0.2) is 67.0 Å². The molecule has 0 spiro atoms. The fraction of sp³-hybridized carbons (Fsp3) is 0.447. The number of pyridine rings is 2. The van der Waals surface area contributed by atoms with Crippen molar-refractivity contribution in [1.29, 1.82) is 5.26 Å². The molecule has 15 heteroatoms. The number of carbonyl (C=O) groups excluding carboxylic acids is 5. The van der Waals surface area contributed by atoms with E-state index in [4.69, 9.17) is 9.72 Å². The van der Waals surface area contributed by atoms with E-state index >= 15 is 0 Å². The van der Waals surface area contributed by atoms with Crippen molar-refractivity contribution in [2.45, 2.75) is 71.6 Å². The van der Waals surface area contributed by atoms with Gasteiger partial charge in [-0.05, 0) is 79.8 Å². The Hall–Kier alpha value is -6.40. The van der Waals surface area contributed by atoms with Gasteiger partial charge in [0.05, 0.1) is 27.8 Å². The first kappa shape index (κ1) is 41.0. The highest BCUT2D eigenvalue weighted by atomic mass is 16.5. The van der Waals surface area contributed by atoms with E-state index in [-0.39, 0.29) is 47.3 Å². The van der Waals surface area contributed by atoms with Crippen molar-refractivity contribution in [2.24, 2.45) is 16.7 Å². The molecule has 2 N–H and O–H groups in total. The standard InChI is InChI=1S/C47H51N9O6/c1-46(2)44(47(3,4)45(46)62-36-12-7-29(25-48)39-33(36)6-5-17-49-39)52-40(58)30-8-13-37(50-26-30)55-18-15-28(16-19-55)27-53-20-22-54(23-21-53)31-9-10-32-34(24-31)43(61)56(42(32)60)35-11-14-38(57)51-41(35)59/h5-10,12-13,17,24,26,28,35,44-45H,11,14-16,18-23,27H2,1-4H3,(H,52,58)(H,51,57,59)/t35-,44?,45?/m0/s1. The van der Waals surface area contributed by atoms with Gasteiger partial charge in [-0.15, -0.1) is 0 Å². The molecule has 3 saturated heterocycles. The summed E-state index contributed by atoms with van der Waals surface area (Å²) >= 11 is 0. The van der Waals surface area contributed by atoms with Crippen LogP contribution in [0.2, 0.25) is 0 Å². The number of nitrogens with zero attached hydrogens (tertiary/aromatic N) is 7. The molecule has 2 aromatic carbocycles. The topological polar surface area (TPSA) is 181 Å². The lowest BCUT2D eigenvalue weighted by molar-refractivity contribution is -0.163. The molecular weight excluding hydrogens is 787 g/mol. The third-order valence-corrected chi connectivity index (χ3v) is 13.8. The molecule has 5 amide bonds. The number of piperazine rings is 1. The van der Waals surface area contributed by atoms with Gasteiger partial charge < -0.3 is 19.9 Å². The van der Waals surface area contributed by atoms with Crippen LogP contribution in [0.3, 0.4) is 0 Å². The maximum atomic E-state index is 13.6. The van der Waals surface area contributed by atoms with Crippen LogP contribution in [-0.2, 0) is 9.59 Å². The second-order valence-corrected chi connectivity index (χ2v) is 18.5. The normalized spacial score (nSPS) is 23.7. The van der Waals surface area contributed by atoms with Crippen LogP contribution in [0.4, 0.5) is 11.5 Å². The Bertz CT molecular complexity index is 2500. The number of carbonyl (C=O) groups is 5.